The van der Waals surface area contributed by atoms with Crippen LogP contribution in [-0.2, 0) is 4.79 Å². The quantitative estimate of drug-likeness (QED) is 0.508. The topological polar surface area (TPSA) is 61.4 Å². The zero-order valence-electron chi connectivity index (χ0n) is 13.4. The maximum atomic E-state index is 12.1. The van der Waals surface area contributed by atoms with E-state index < -0.39 is 12.0 Å². The fourth-order valence-corrected chi connectivity index (χ4v) is 4.17. The van der Waals surface area contributed by atoms with Gasteiger partial charge in [-0.2, -0.15) is 0 Å². The zero-order chi connectivity index (χ0) is 16.8. The van der Waals surface area contributed by atoms with Crippen LogP contribution >= 0.6 is 11.6 Å². The van der Waals surface area contributed by atoms with Gasteiger partial charge in [-0.05, 0) is 0 Å². The Hall–Kier alpha value is -0.702. The number of aliphatic hydroxyl groups excluding tert-OH is 1. The number of anilines is 1. The van der Waals surface area contributed by atoms with E-state index in [2.05, 4.69) is 27.7 Å². The van der Waals surface area contributed by atoms with Gasteiger partial charge in [0.25, 0.3) is 0 Å². The monoisotopic (exact) mass is 398 g/mol. The molecule has 1 saturated carbocycles. The number of halogens is 1. The number of aryl methyl sites for hydroxylation is 1. The number of carbonyl (C=O) groups excluding carboxylic acids is 1. The molecule has 2 rings (SSSR count). The van der Waals surface area contributed by atoms with Crippen molar-refractivity contribution in [2.24, 2.45) is 5.92 Å². The molecule has 6 heteroatoms. The summed E-state index contributed by atoms with van der Waals surface area (Å²) in [7, 11) is 0. The molecule has 4 nitrogen and oxygen atoms in total. The normalized spacial score (nSPS) is 18.3. The van der Waals surface area contributed by atoms with Gasteiger partial charge in [0.2, 0.25) is 0 Å². The van der Waals surface area contributed by atoms with Gasteiger partial charge in [-0.25, -0.2) is 0 Å². The van der Waals surface area contributed by atoms with Crippen LogP contribution < -0.4 is 10.9 Å². The van der Waals surface area contributed by atoms with Crippen molar-refractivity contribution in [1.29, 1.82) is 0 Å². The molecule has 0 heterocycles. The van der Waals surface area contributed by atoms with Gasteiger partial charge >= 0.3 is 152 Å². The van der Waals surface area contributed by atoms with Crippen molar-refractivity contribution >= 4 is 40.0 Å². The summed E-state index contributed by atoms with van der Waals surface area (Å²) < 4.78 is -0.0984. The van der Waals surface area contributed by atoms with Crippen LogP contribution in [0.3, 0.4) is 0 Å². The maximum absolute atomic E-state index is 12.1. The molecule has 1 aromatic rings. The Morgan fingerprint density at radius 3 is 2.74 bits per heavy atom. The van der Waals surface area contributed by atoms with Crippen molar-refractivity contribution in [2.75, 3.05) is 5.43 Å². The van der Waals surface area contributed by atoms with Gasteiger partial charge in [-0.1, -0.05) is 0 Å². The molecule has 2 atom stereocenters. The van der Waals surface area contributed by atoms with Crippen LogP contribution in [0, 0.1) is 12.8 Å². The van der Waals surface area contributed by atoms with Gasteiger partial charge in [-0.15, -0.1) is 0 Å². The van der Waals surface area contributed by atoms with E-state index in [1.54, 1.807) is 12.1 Å². The second kappa shape index (κ2) is 8.96. The molecule has 0 aliphatic heterocycles. The fourth-order valence-electron chi connectivity index (χ4n) is 3.04. The predicted molar refractivity (Wildman–Crippen MR) is 94.7 cm³/mol. The number of aliphatic hydroxyl groups is 1. The van der Waals surface area contributed by atoms with Crippen molar-refractivity contribution < 1.29 is 9.90 Å². The van der Waals surface area contributed by atoms with Crippen molar-refractivity contribution in [2.45, 2.75) is 56.3 Å². The molecule has 1 unspecified atom stereocenters. The first-order valence-corrected chi connectivity index (χ1v) is 9.61. The second-order valence-electron chi connectivity index (χ2n) is 6.33. The Balaban J connectivity index is 1.81. The minimum atomic E-state index is -1.02. The first-order chi connectivity index (χ1) is 11.0. The molecule has 0 aromatic heterocycles. The minimum absolute atomic E-state index is 0.0984. The molecule has 0 saturated heterocycles. The molecule has 0 bridgehead atoms. The van der Waals surface area contributed by atoms with E-state index in [-0.39, 0.29) is 4.71 Å². The number of amides is 1. The first-order valence-electron chi connectivity index (χ1n) is 8.15. The van der Waals surface area contributed by atoms with Gasteiger partial charge in [0.1, 0.15) is 0 Å². The fraction of sp³-hybridized carbons (Fsp3) is 0.588. The van der Waals surface area contributed by atoms with Crippen molar-refractivity contribution in [3.05, 3.63) is 28.8 Å². The van der Waals surface area contributed by atoms with E-state index in [4.69, 9.17) is 11.6 Å². The number of benzene rings is 1. The molecule has 1 aromatic carbocycles. The van der Waals surface area contributed by atoms with E-state index in [9.17, 15) is 9.90 Å². The van der Waals surface area contributed by atoms with Crippen molar-refractivity contribution in [3.8, 4) is 0 Å². The van der Waals surface area contributed by atoms with Crippen LogP contribution in [-0.4, -0.2) is 34.0 Å². The van der Waals surface area contributed by atoms with E-state index in [1.807, 2.05) is 13.0 Å². The number of hydrogen-bond donors (Lipinski definition) is 3. The van der Waals surface area contributed by atoms with Crippen LogP contribution in [0.1, 0.15) is 44.1 Å². The third-order valence-corrected chi connectivity index (χ3v) is 5.71. The molecule has 0 spiro atoms. The third kappa shape index (κ3) is 5.70. The molecule has 1 aliphatic carbocycles. The summed E-state index contributed by atoms with van der Waals surface area (Å²) in [6.45, 7) is 1.90. The molecular formula is C17H24AsClN2O2. The van der Waals surface area contributed by atoms with E-state index in [0.717, 1.165) is 17.7 Å². The first kappa shape index (κ1) is 18.6. The van der Waals surface area contributed by atoms with E-state index >= 15 is 0 Å². The molecule has 23 heavy (non-hydrogen) atoms. The summed E-state index contributed by atoms with van der Waals surface area (Å²) in [5.41, 5.74) is 7.14. The molecule has 3 N–H and O–H groups in total. The Bertz CT molecular complexity index is 535. The van der Waals surface area contributed by atoms with Crippen LogP contribution in [0.2, 0.25) is 9.73 Å². The summed E-state index contributed by atoms with van der Waals surface area (Å²) >= 11 is 8.37. The van der Waals surface area contributed by atoms with Crippen LogP contribution in [0.4, 0.5) is 5.69 Å². The molecule has 1 amide bonds. The number of hydrazine groups is 1. The molecular weight excluding hydrogens is 375 g/mol. The summed E-state index contributed by atoms with van der Waals surface area (Å²) in [6.07, 6.45) is 6.14. The Morgan fingerprint density at radius 1 is 1.39 bits per heavy atom. The summed E-state index contributed by atoms with van der Waals surface area (Å²) in [5, 5.41) is 10.9. The average Bonchev–Trinajstić information content (AvgIpc) is 2.54. The van der Waals surface area contributed by atoms with Gasteiger partial charge in [0.05, 0.1) is 0 Å². The Morgan fingerprint density at radius 2 is 2.09 bits per heavy atom. The number of carbonyl (C=O) groups is 1. The van der Waals surface area contributed by atoms with Crippen molar-refractivity contribution in [1.82, 2.24) is 5.43 Å². The molecule has 126 valence electrons. The standard InChI is InChI=1S/C17H24AsClN2O2/c1-11-9-13(19)7-8-15(11)20-21-17(23)16(22)14(18)10-12-5-3-2-4-6-12/h7-9,12,14,16,20,22H,2-6,10H2,1H3,(H,21,23)/t14-,16?/m1/s1. The van der Waals surface area contributed by atoms with Crippen molar-refractivity contribution in [3.63, 3.8) is 0 Å². The summed E-state index contributed by atoms with van der Waals surface area (Å²) in [4.78, 5) is 12.1. The van der Waals surface area contributed by atoms with E-state index in [0.29, 0.717) is 10.9 Å². The third-order valence-electron chi connectivity index (χ3n) is 4.44. The summed E-state index contributed by atoms with van der Waals surface area (Å²) in [5.74, 6) is 0.228. The number of hydrogen-bond acceptors (Lipinski definition) is 3. The molecule has 1 aliphatic rings. The summed E-state index contributed by atoms with van der Waals surface area (Å²) in [6, 6.07) is 5.36. The van der Waals surface area contributed by atoms with Gasteiger partial charge in [-0.3, -0.25) is 0 Å². The van der Waals surface area contributed by atoms with Crippen LogP contribution in [0.5, 0.6) is 0 Å². The second-order valence-corrected chi connectivity index (χ2v) is 8.15. The SMILES string of the molecule is Cc1cc(Cl)ccc1NNC(=O)C(O)[C@H]([As])CC1CCCCC1. The van der Waals surface area contributed by atoms with Gasteiger partial charge < -0.3 is 0 Å². The van der Waals surface area contributed by atoms with Crippen LogP contribution in [0.15, 0.2) is 18.2 Å². The molecule has 1 fully saturated rings. The zero-order valence-corrected chi connectivity index (χ0v) is 16.0. The van der Waals surface area contributed by atoms with Gasteiger partial charge in [0, 0.05) is 0 Å². The Kier molecular flexibility index (Phi) is 7.26. The van der Waals surface area contributed by atoms with E-state index in [1.165, 1.54) is 32.1 Å². The number of rotatable bonds is 6. The Labute approximate surface area is 151 Å². The van der Waals surface area contributed by atoms with Gasteiger partial charge in [0.15, 0.2) is 0 Å². The molecule has 2 radical (unpaired) electrons. The number of nitrogens with one attached hydrogen (secondary N) is 2. The van der Waals surface area contributed by atoms with Crippen LogP contribution in [0.25, 0.3) is 0 Å². The predicted octanol–water partition coefficient (Wildman–Crippen LogP) is 3.38. The average molecular weight is 399 g/mol.